The van der Waals surface area contributed by atoms with Gasteiger partial charge in [0, 0.05) is 12.7 Å². The Kier molecular flexibility index (Phi) is 3.78. The molecule has 0 saturated heterocycles. The molecule has 0 bridgehead atoms. The van der Waals surface area contributed by atoms with Gasteiger partial charge in [-0.1, -0.05) is 0 Å². The van der Waals surface area contributed by atoms with Gasteiger partial charge in [0.05, 0.1) is 6.61 Å². The summed E-state index contributed by atoms with van der Waals surface area (Å²) < 4.78 is 43.6. The summed E-state index contributed by atoms with van der Waals surface area (Å²) in [7, 11) is 1.23. The molecule has 1 heterocycles. The van der Waals surface area contributed by atoms with Crippen LogP contribution in [0.4, 0.5) is 13.2 Å². The molecule has 0 aliphatic heterocycles. The van der Waals surface area contributed by atoms with Gasteiger partial charge in [-0.05, 0) is 13.8 Å². The Morgan fingerprint density at radius 3 is 2.44 bits per heavy atom. The second kappa shape index (κ2) is 4.79. The smallest absolute Gasteiger partial charge is 0.434 e. The van der Waals surface area contributed by atoms with Crippen LogP contribution in [0.3, 0.4) is 0 Å². The summed E-state index contributed by atoms with van der Waals surface area (Å²) in [6.45, 7) is 2.62. The quantitative estimate of drug-likeness (QED) is 0.755. The van der Waals surface area contributed by atoms with Gasteiger partial charge in [0.25, 0.3) is 0 Å². The molecular weight excluding hydrogens is 253 g/mol. The van der Waals surface area contributed by atoms with Crippen molar-refractivity contribution < 1.29 is 22.7 Å². The summed E-state index contributed by atoms with van der Waals surface area (Å²) in [4.78, 5) is 25.6. The fraction of sp³-hybridized carbons (Fsp3) is 0.500. The zero-order valence-electron chi connectivity index (χ0n) is 9.96. The van der Waals surface area contributed by atoms with Crippen molar-refractivity contribution in [2.45, 2.75) is 20.0 Å². The van der Waals surface area contributed by atoms with Crippen LogP contribution in [-0.2, 0) is 18.0 Å². The van der Waals surface area contributed by atoms with Crippen LogP contribution in [0.5, 0.6) is 0 Å². The molecule has 0 spiro atoms. The number of ether oxygens (including phenoxy) is 1. The zero-order valence-corrected chi connectivity index (χ0v) is 9.96. The van der Waals surface area contributed by atoms with Gasteiger partial charge >= 0.3 is 17.8 Å². The van der Waals surface area contributed by atoms with Crippen LogP contribution in [-0.4, -0.2) is 22.1 Å². The Morgan fingerprint density at radius 2 is 2.00 bits per heavy atom. The SMILES string of the molecule is CCOC(=O)c1c(C(F)(F)F)nc(=O)n(C)c1C. The van der Waals surface area contributed by atoms with Crippen molar-refractivity contribution in [3.8, 4) is 0 Å². The highest BCUT2D eigenvalue weighted by Crippen LogP contribution is 2.31. The highest BCUT2D eigenvalue weighted by atomic mass is 19.4. The van der Waals surface area contributed by atoms with Crippen LogP contribution in [0.15, 0.2) is 4.79 Å². The molecule has 1 aromatic rings. The Morgan fingerprint density at radius 1 is 1.44 bits per heavy atom. The van der Waals surface area contributed by atoms with Crippen molar-refractivity contribution in [3.63, 3.8) is 0 Å². The van der Waals surface area contributed by atoms with Crippen LogP contribution in [0, 0.1) is 6.92 Å². The molecule has 100 valence electrons. The third-order valence-electron chi connectivity index (χ3n) is 2.34. The Labute approximate surface area is 100 Å². The van der Waals surface area contributed by atoms with Crippen LogP contribution < -0.4 is 5.69 Å². The van der Waals surface area contributed by atoms with E-state index in [-0.39, 0.29) is 12.3 Å². The van der Waals surface area contributed by atoms with Crippen molar-refractivity contribution in [2.24, 2.45) is 7.05 Å². The van der Waals surface area contributed by atoms with E-state index in [1.807, 2.05) is 0 Å². The average molecular weight is 264 g/mol. The minimum absolute atomic E-state index is 0.0710. The number of carbonyl (C=O) groups is 1. The molecule has 8 heteroatoms. The number of hydrogen-bond acceptors (Lipinski definition) is 4. The number of carbonyl (C=O) groups excluding carboxylic acids is 1. The monoisotopic (exact) mass is 264 g/mol. The zero-order chi connectivity index (χ0) is 14.1. The van der Waals surface area contributed by atoms with E-state index in [0.717, 1.165) is 4.57 Å². The highest BCUT2D eigenvalue weighted by molar-refractivity contribution is 5.92. The summed E-state index contributed by atoms with van der Waals surface area (Å²) in [6, 6.07) is 0. The van der Waals surface area contributed by atoms with Crippen LogP contribution in [0.2, 0.25) is 0 Å². The Balaban J connectivity index is 3.60. The van der Waals surface area contributed by atoms with Crippen molar-refractivity contribution in [1.29, 1.82) is 0 Å². The molecule has 0 amide bonds. The van der Waals surface area contributed by atoms with E-state index in [0.29, 0.717) is 0 Å². The predicted molar refractivity (Wildman–Crippen MR) is 55.2 cm³/mol. The molecule has 0 N–H and O–H groups in total. The third-order valence-corrected chi connectivity index (χ3v) is 2.34. The molecular formula is C10H11F3N2O3. The van der Waals surface area contributed by atoms with Crippen LogP contribution >= 0.6 is 0 Å². The molecule has 0 fully saturated rings. The summed E-state index contributed by atoms with van der Waals surface area (Å²) in [5, 5.41) is 0. The van der Waals surface area contributed by atoms with Gasteiger partial charge in [-0.2, -0.15) is 18.2 Å². The lowest BCUT2D eigenvalue weighted by atomic mass is 10.1. The molecule has 0 aliphatic carbocycles. The molecule has 0 saturated carbocycles. The summed E-state index contributed by atoms with van der Waals surface area (Å²) in [6.07, 6.45) is -4.89. The second-order valence-electron chi connectivity index (χ2n) is 3.48. The van der Waals surface area contributed by atoms with Gasteiger partial charge in [0.15, 0.2) is 5.69 Å². The first kappa shape index (κ1) is 14.2. The van der Waals surface area contributed by atoms with Crippen molar-refractivity contribution >= 4 is 5.97 Å². The topological polar surface area (TPSA) is 61.2 Å². The van der Waals surface area contributed by atoms with Gasteiger partial charge < -0.3 is 4.74 Å². The van der Waals surface area contributed by atoms with E-state index < -0.39 is 29.1 Å². The lowest BCUT2D eigenvalue weighted by Crippen LogP contribution is -2.31. The van der Waals surface area contributed by atoms with Gasteiger partial charge in [-0.25, -0.2) is 9.59 Å². The van der Waals surface area contributed by atoms with E-state index >= 15 is 0 Å². The number of nitrogens with zero attached hydrogens (tertiary/aromatic N) is 2. The minimum Gasteiger partial charge on any atom is -0.462 e. The predicted octanol–water partition coefficient (Wildman–Crippen LogP) is 1.28. The van der Waals surface area contributed by atoms with E-state index in [9.17, 15) is 22.8 Å². The highest BCUT2D eigenvalue weighted by Gasteiger charge is 2.40. The average Bonchev–Trinajstić information content (AvgIpc) is 2.24. The van der Waals surface area contributed by atoms with Gasteiger partial charge in [0.1, 0.15) is 5.56 Å². The lowest BCUT2D eigenvalue weighted by molar-refractivity contribution is -0.142. The van der Waals surface area contributed by atoms with Gasteiger partial charge in [-0.3, -0.25) is 4.57 Å². The fourth-order valence-electron chi connectivity index (χ4n) is 1.36. The third kappa shape index (κ3) is 2.52. The normalized spacial score (nSPS) is 11.4. The number of aromatic nitrogens is 2. The summed E-state index contributed by atoms with van der Waals surface area (Å²) in [5.74, 6) is -1.15. The standard InChI is InChI=1S/C10H11F3N2O3/c1-4-18-8(16)6-5(2)15(3)9(17)14-7(6)10(11,12)13/h4H2,1-3H3. The van der Waals surface area contributed by atoms with Crippen LogP contribution in [0.25, 0.3) is 0 Å². The first-order valence-corrected chi connectivity index (χ1v) is 5.02. The molecule has 0 unspecified atom stereocenters. The number of rotatable bonds is 2. The minimum atomic E-state index is -4.89. The first-order valence-electron chi connectivity index (χ1n) is 5.02. The van der Waals surface area contributed by atoms with E-state index in [4.69, 9.17) is 0 Å². The Hall–Kier alpha value is -1.86. The largest absolute Gasteiger partial charge is 0.462 e. The molecule has 0 radical (unpaired) electrons. The molecule has 18 heavy (non-hydrogen) atoms. The van der Waals surface area contributed by atoms with Crippen molar-refractivity contribution in [1.82, 2.24) is 9.55 Å². The van der Waals surface area contributed by atoms with Gasteiger partial charge in [-0.15, -0.1) is 0 Å². The number of esters is 1. The second-order valence-corrected chi connectivity index (χ2v) is 3.48. The van der Waals surface area contributed by atoms with Crippen molar-refractivity contribution in [2.75, 3.05) is 6.61 Å². The maximum absolute atomic E-state index is 12.7. The molecule has 0 aliphatic rings. The molecule has 0 aromatic carbocycles. The maximum atomic E-state index is 12.7. The van der Waals surface area contributed by atoms with E-state index in [1.165, 1.54) is 20.9 Å². The lowest BCUT2D eigenvalue weighted by Gasteiger charge is -2.14. The molecule has 5 nitrogen and oxygen atoms in total. The Bertz CT molecular complexity index is 534. The summed E-state index contributed by atoms with van der Waals surface area (Å²) in [5.41, 5.74) is -3.46. The van der Waals surface area contributed by atoms with E-state index in [2.05, 4.69) is 9.72 Å². The number of hydrogen-bond donors (Lipinski definition) is 0. The van der Waals surface area contributed by atoms with Crippen molar-refractivity contribution in [3.05, 3.63) is 27.4 Å². The molecule has 0 atom stereocenters. The fourth-order valence-corrected chi connectivity index (χ4v) is 1.36. The molecule has 1 rings (SSSR count). The first-order chi connectivity index (χ1) is 8.20. The number of halogens is 3. The number of alkyl halides is 3. The molecule has 1 aromatic heterocycles. The van der Waals surface area contributed by atoms with E-state index in [1.54, 1.807) is 0 Å². The van der Waals surface area contributed by atoms with Gasteiger partial charge in [0.2, 0.25) is 0 Å². The maximum Gasteiger partial charge on any atom is 0.434 e. The summed E-state index contributed by atoms with van der Waals surface area (Å²) >= 11 is 0. The van der Waals surface area contributed by atoms with Crippen LogP contribution in [0.1, 0.15) is 28.7 Å².